The van der Waals surface area contributed by atoms with Crippen LogP contribution in [0.25, 0.3) is 0 Å². The van der Waals surface area contributed by atoms with E-state index in [1.165, 1.54) is 45.4 Å². The Morgan fingerprint density at radius 1 is 1.11 bits per heavy atom. The zero-order valence-electron chi connectivity index (χ0n) is 13.4. The molecule has 0 aliphatic carbocycles. The molecule has 1 unspecified atom stereocenters. The molecule has 0 bridgehead atoms. The smallest absolute Gasteiger partial charge is 0.0356 e. The van der Waals surface area contributed by atoms with E-state index in [4.69, 9.17) is 5.73 Å². The van der Waals surface area contributed by atoms with E-state index in [9.17, 15) is 0 Å². The van der Waals surface area contributed by atoms with Gasteiger partial charge in [0.15, 0.2) is 0 Å². The number of nitrogens with zero attached hydrogens (tertiary/aromatic N) is 2. The quantitative estimate of drug-likeness (QED) is 0.847. The normalized spacial score (nSPS) is 29.5. The third-order valence-corrected chi connectivity index (χ3v) is 5.68. The van der Waals surface area contributed by atoms with Gasteiger partial charge in [-0.2, -0.15) is 0 Å². The second kappa shape index (κ2) is 6.11. The van der Waals surface area contributed by atoms with Crippen molar-refractivity contribution in [2.45, 2.75) is 58.5 Å². The lowest BCUT2D eigenvalue weighted by Gasteiger charge is -2.48. The van der Waals surface area contributed by atoms with Gasteiger partial charge in [0.05, 0.1) is 0 Å². The highest BCUT2D eigenvalue weighted by Crippen LogP contribution is 2.35. The van der Waals surface area contributed by atoms with Crippen LogP contribution in [0.2, 0.25) is 0 Å². The molecule has 3 heteroatoms. The SMILES string of the molecule is CC(C)C1CCN(C2(CN)CCN(C(C)C)CC2)C1. The van der Waals surface area contributed by atoms with E-state index in [1.807, 2.05) is 0 Å². The van der Waals surface area contributed by atoms with E-state index in [2.05, 4.69) is 37.5 Å². The van der Waals surface area contributed by atoms with Crippen molar-refractivity contribution in [2.75, 3.05) is 32.7 Å². The van der Waals surface area contributed by atoms with Crippen LogP contribution in [0.4, 0.5) is 0 Å². The molecule has 1 atom stereocenters. The predicted molar refractivity (Wildman–Crippen MR) is 82.2 cm³/mol. The van der Waals surface area contributed by atoms with Crippen molar-refractivity contribution in [1.82, 2.24) is 9.80 Å². The summed E-state index contributed by atoms with van der Waals surface area (Å²) in [5.41, 5.74) is 6.50. The minimum absolute atomic E-state index is 0.301. The van der Waals surface area contributed by atoms with Crippen molar-refractivity contribution in [1.29, 1.82) is 0 Å². The summed E-state index contributed by atoms with van der Waals surface area (Å²) in [5, 5.41) is 0. The van der Waals surface area contributed by atoms with Gasteiger partial charge in [0.1, 0.15) is 0 Å². The highest BCUT2D eigenvalue weighted by atomic mass is 15.3. The molecule has 0 aromatic heterocycles. The first-order chi connectivity index (χ1) is 8.98. The van der Waals surface area contributed by atoms with Crippen LogP contribution in [0, 0.1) is 11.8 Å². The van der Waals surface area contributed by atoms with Crippen molar-refractivity contribution in [3.8, 4) is 0 Å². The minimum Gasteiger partial charge on any atom is -0.329 e. The molecule has 0 spiro atoms. The number of hydrogen-bond donors (Lipinski definition) is 1. The molecule has 2 rings (SSSR count). The highest BCUT2D eigenvalue weighted by molar-refractivity contribution is 4.99. The van der Waals surface area contributed by atoms with Crippen LogP contribution in [0.1, 0.15) is 47.0 Å². The molecule has 2 saturated heterocycles. The van der Waals surface area contributed by atoms with Crippen LogP contribution in [-0.4, -0.2) is 54.1 Å². The second-order valence-corrected chi connectivity index (χ2v) is 7.30. The molecular formula is C16H33N3. The molecule has 2 N–H and O–H groups in total. The number of rotatable bonds is 4. The summed E-state index contributed by atoms with van der Waals surface area (Å²) in [6.45, 7) is 15.2. The fourth-order valence-corrected chi connectivity index (χ4v) is 3.87. The maximum atomic E-state index is 6.20. The maximum Gasteiger partial charge on any atom is 0.0356 e. The lowest BCUT2D eigenvalue weighted by Crippen LogP contribution is -2.59. The Bertz CT molecular complexity index is 280. The van der Waals surface area contributed by atoms with Gasteiger partial charge in [-0.15, -0.1) is 0 Å². The largest absolute Gasteiger partial charge is 0.329 e. The van der Waals surface area contributed by atoms with Crippen LogP contribution < -0.4 is 5.73 Å². The molecule has 19 heavy (non-hydrogen) atoms. The van der Waals surface area contributed by atoms with Gasteiger partial charge in [0.2, 0.25) is 0 Å². The van der Waals surface area contributed by atoms with Crippen molar-refractivity contribution in [3.63, 3.8) is 0 Å². The molecule has 2 aliphatic rings. The Labute approximate surface area is 119 Å². The minimum atomic E-state index is 0.301. The average Bonchev–Trinajstić information content (AvgIpc) is 2.89. The molecule has 2 heterocycles. The Balaban J connectivity index is 1.97. The zero-order valence-corrected chi connectivity index (χ0v) is 13.4. The fraction of sp³-hybridized carbons (Fsp3) is 1.00. The second-order valence-electron chi connectivity index (χ2n) is 7.30. The summed E-state index contributed by atoms with van der Waals surface area (Å²) in [4.78, 5) is 5.33. The molecule has 2 aliphatic heterocycles. The monoisotopic (exact) mass is 267 g/mol. The third-order valence-electron chi connectivity index (χ3n) is 5.68. The Morgan fingerprint density at radius 2 is 1.74 bits per heavy atom. The first kappa shape index (κ1) is 15.3. The molecule has 2 fully saturated rings. The highest BCUT2D eigenvalue weighted by Gasteiger charge is 2.42. The number of piperidine rings is 1. The van der Waals surface area contributed by atoms with Gasteiger partial charge >= 0.3 is 0 Å². The third kappa shape index (κ3) is 3.14. The van der Waals surface area contributed by atoms with E-state index in [-0.39, 0.29) is 0 Å². The van der Waals surface area contributed by atoms with Gasteiger partial charge in [-0.3, -0.25) is 4.90 Å². The van der Waals surface area contributed by atoms with Crippen LogP contribution in [0.3, 0.4) is 0 Å². The summed E-state index contributed by atoms with van der Waals surface area (Å²) in [5.74, 6) is 1.70. The summed E-state index contributed by atoms with van der Waals surface area (Å²) in [6.07, 6.45) is 3.88. The average molecular weight is 267 g/mol. The van der Waals surface area contributed by atoms with Gasteiger partial charge in [-0.05, 0) is 51.5 Å². The molecule has 112 valence electrons. The van der Waals surface area contributed by atoms with E-state index >= 15 is 0 Å². The van der Waals surface area contributed by atoms with Gasteiger partial charge < -0.3 is 10.6 Å². The number of nitrogens with two attached hydrogens (primary N) is 1. The van der Waals surface area contributed by atoms with Crippen molar-refractivity contribution >= 4 is 0 Å². The summed E-state index contributed by atoms with van der Waals surface area (Å²) >= 11 is 0. The van der Waals surface area contributed by atoms with Crippen LogP contribution in [0.5, 0.6) is 0 Å². The number of hydrogen-bond acceptors (Lipinski definition) is 3. The summed E-state index contributed by atoms with van der Waals surface area (Å²) < 4.78 is 0. The molecule has 0 saturated carbocycles. The molecule has 0 amide bonds. The summed E-state index contributed by atoms with van der Waals surface area (Å²) in [6, 6.07) is 0.678. The van der Waals surface area contributed by atoms with Crippen molar-refractivity contribution in [2.24, 2.45) is 17.6 Å². The van der Waals surface area contributed by atoms with Crippen LogP contribution in [0.15, 0.2) is 0 Å². The molecule has 0 radical (unpaired) electrons. The molecule has 3 nitrogen and oxygen atoms in total. The van der Waals surface area contributed by atoms with Gasteiger partial charge in [-0.1, -0.05) is 13.8 Å². The van der Waals surface area contributed by atoms with Crippen LogP contribution >= 0.6 is 0 Å². The zero-order chi connectivity index (χ0) is 14.0. The Hall–Kier alpha value is -0.120. The van der Waals surface area contributed by atoms with Crippen molar-refractivity contribution < 1.29 is 0 Å². The van der Waals surface area contributed by atoms with Crippen LogP contribution in [-0.2, 0) is 0 Å². The van der Waals surface area contributed by atoms with Gasteiger partial charge in [-0.25, -0.2) is 0 Å². The van der Waals surface area contributed by atoms with E-state index in [0.29, 0.717) is 11.6 Å². The first-order valence-electron chi connectivity index (χ1n) is 8.17. The first-order valence-corrected chi connectivity index (χ1v) is 8.17. The Kier molecular flexibility index (Phi) is 4.91. The van der Waals surface area contributed by atoms with E-state index < -0.39 is 0 Å². The predicted octanol–water partition coefficient (Wildman–Crippen LogP) is 2.17. The molecule has 0 aromatic carbocycles. The number of likely N-dealkylation sites (tertiary alicyclic amines) is 2. The fourth-order valence-electron chi connectivity index (χ4n) is 3.87. The van der Waals surface area contributed by atoms with E-state index in [1.54, 1.807) is 0 Å². The van der Waals surface area contributed by atoms with E-state index in [0.717, 1.165) is 18.4 Å². The standard InChI is InChI=1S/C16H33N3/c1-13(2)15-5-8-19(11-15)16(12-17)6-9-18(10-7-16)14(3)4/h13-15H,5-12,17H2,1-4H3. The topological polar surface area (TPSA) is 32.5 Å². The Morgan fingerprint density at radius 3 is 2.16 bits per heavy atom. The maximum absolute atomic E-state index is 6.20. The molecule has 0 aromatic rings. The lowest BCUT2D eigenvalue weighted by molar-refractivity contribution is 0.0295. The summed E-state index contributed by atoms with van der Waals surface area (Å²) in [7, 11) is 0. The van der Waals surface area contributed by atoms with Crippen molar-refractivity contribution in [3.05, 3.63) is 0 Å². The van der Waals surface area contributed by atoms with Gasteiger partial charge in [0, 0.05) is 37.8 Å². The lowest BCUT2D eigenvalue weighted by atomic mass is 9.85. The van der Waals surface area contributed by atoms with Gasteiger partial charge in [0.25, 0.3) is 0 Å². The molecular weight excluding hydrogens is 234 g/mol.